The number of hydrogen-bond donors (Lipinski definition) is 0. The lowest BCUT2D eigenvalue weighted by Crippen LogP contribution is -2.64. The SMILES string of the molecule is CC[C@@H]1C(=O)N(S(=O)(=O)c2ccccc2C)[C@@H]1COC(=O)Cc1ccc(OC)cc1. The van der Waals surface area contributed by atoms with Gasteiger partial charge in [0.25, 0.3) is 10.0 Å². The molecule has 0 saturated carbocycles. The highest BCUT2D eigenvalue weighted by molar-refractivity contribution is 7.89. The fourth-order valence-electron chi connectivity index (χ4n) is 3.59. The van der Waals surface area contributed by atoms with Crippen LogP contribution in [0.15, 0.2) is 53.4 Å². The van der Waals surface area contributed by atoms with Crippen molar-refractivity contribution in [3.05, 3.63) is 59.7 Å². The molecular formula is C22H25NO6S. The van der Waals surface area contributed by atoms with Gasteiger partial charge in [-0.3, -0.25) is 9.59 Å². The number of rotatable bonds is 8. The Balaban J connectivity index is 1.70. The topological polar surface area (TPSA) is 90.0 Å². The Kier molecular flexibility index (Phi) is 6.45. The molecule has 1 aliphatic heterocycles. The first-order chi connectivity index (χ1) is 14.3. The van der Waals surface area contributed by atoms with Crippen molar-refractivity contribution in [2.24, 2.45) is 5.92 Å². The maximum Gasteiger partial charge on any atom is 0.310 e. The summed E-state index contributed by atoms with van der Waals surface area (Å²) < 4.78 is 37.4. The Bertz CT molecular complexity index is 1030. The van der Waals surface area contributed by atoms with Gasteiger partial charge in [-0.1, -0.05) is 37.3 Å². The summed E-state index contributed by atoms with van der Waals surface area (Å²) in [7, 11) is -2.45. The van der Waals surface area contributed by atoms with Crippen molar-refractivity contribution in [1.82, 2.24) is 4.31 Å². The smallest absolute Gasteiger partial charge is 0.310 e. The van der Waals surface area contributed by atoms with E-state index in [1.807, 2.05) is 6.92 Å². The van der Waals surface area contributed by atoms with Gasteiger partial charge in [0.2, 0.25) is 5.91 Å². The van der Waals surface area contributed by atoms with Crippen LogP contribution >= 0.6 is 0 Å². The van der Waals surface area contributed by atoms with Gasteiger partial charge in [0.1, 0.15) is 12.4 Å². The van der Waals surface area contributed by atoms with E-state index in [9.17, 15) is 18.0 Å². The van der Waals surface area contributed by atoms with Crippen LogP contribution in [-0.4, -0.2) is 44.4 Å². The lowest BCUT2D eigenvalue weighted by atomic mass is 9.88. The summed E-state index contributed by atoms with van der Waals surface area (Å²) in [5.41, 5.74) is 1.31. The van der Waals surface area contributed by atoms with Crippen molar-refractivity contribution in [2.75, 3.05) is 13.7 Å². The van der Waals surface area contributed by atoms with Crippen LogP contribution in [-0.2, 0) is 30.8 Å². The second kappa shape index (κ2) is 8.87. The number of esters is 1. The summed E-state index contributed by atoms with van der Waals surface area (Å²) in [6.07, 6.45) is 0.519. The average Bonchev–Trinajstić information content (AvgIpc) is 2.71. The lowest BCUT2D eigenvalue weighted by molar-refractivity contribution is -0.157. The predicted octanol–water partition coefficient (Wildman–Crippen LogP) is 2.72. The minimum absolute atomic E-state index is 0.0476. The van der Waals surface area contributed by atoms with Crippen LogP contribution in [0.1, 0.15) is 24.5 Å². The third kappa shape index (κ3) is 4.18. The Hall–Kier alpha value is -2.87. The maximum absolute atomic E-state index is 13.1. The van der Waals surface area contributed by atoms with Crippen LogP contribution in [0.3, 0.4) is 0 Å². The number of carbonyl (C=O) groups is 2. The quantitative estimate of drug-likeness (QED) is 0.472. The zero-order valence-electron chi connectivity index (χ0n) is 17.2. The summed E-state index contributed by atoms with van der Waals surface area (Å²) in [5, 5.41) is 0. The van der Waals surface area contributed by atoms with E-state index in [1.165, 1.54) is 6.07 Å². The van der Waals surface area contributed by atoms with E-state index in [0.717, 1.165) is 9.87 Å². The number of methoxy groups -OCH3 is 1. The summed E-state index contributed by atoms with van der Waals surface area (Å²) in [6.45, 7) is 3.33. The van der Waals surface area contributed by atoms with Crippen molar-refractivity contribution in [3.63, 3.8) is 0 Å². The van der Waals surface area contributed by atoms with Crippen LogP contribution in [0.25, 0.3) is 0 Å². The van der Waals surface area contributed by atoms with Gasteiger partial charge in [-0.05, 0) is 42.7 Å². The molecule has 8 heteroatoms. The number of sulfonamides is 1. The van der Waals surface area contributed by atoms with Crippen LogP contribution in [0.5, 0.6) is 5.75 Å². The van der Waals surface area contributed by atoms with Gasteiger partial charge in [-0.15, -0.1) is 0 Å². The van der Waals surface area contributed by atoms with Crippen LogP contribution in [0.4, 0.5) is 0 Å². The molecule has 0 unspecified atom stereocenters. The van der Waals surface area contributed by atoms with Gasteiger partial charge in [0.15, 0.2) is 0 Å². The number of ether oxygens (including phenoxy) is 2. The average molecular weight is 432 g/mol. The molecular weight excluding hydrogens is 406 g/mol. The molecule has 160 valence electrons. The molecule has 0 aromatic heterocycles. The van der Waals surface area contributed by atoms with E-state index in [-0.39, 0.29) is 17.9 Å². The molecule has 7 nitrogen and oxygen atoms in total. The Morgan fingerprint density at radius 2 is 1.77 bits per heavy atom. The number of benzene rings is 2. The highest BCUT2D eigenvalue weighted by Gasteiger charge is 2.53. The van der Waals surface area contributed by atoms with Crippen molar-refractivity contribution in [2.45, 2.75) is 37.6 Å². The first kappa shape index (κ1) is 21.8. The first-order valence-corrected chi connectivity index (χ1v) is 11.2. The normalized spacial score (nSPS) is 18.6. The maximum atomic E-state index is 13.1. The van der Waals surface area contributed by atoms with Crippen LogP contribution in [0.2, 0.25) is 0 Å². The molecule has 0 radical (unpaired) electrons. The molecule has 2 aromatic rings. The second-order valence-electron chi connectivity index (χ2n) is 7.19. The van der Waals surface area contributed by atoms with Crippen LogP contribution in [0, 0.1) is 12.8 Å². The minimum atomic E-state index is -4.01. The Morgan fingerprint density at radius 3 is 2.37 bits per heavy atom. The van der Waals surface area contributed by atoms with E-state index in [2.05, 4.69) is 0 Å². The number of β-lactam (4-membered cyclic amide) rings is 1. The highest BCUT2D eigenvalue weighted by atomic mass is 32.2. The molecule has 3 rings (SSSR count). The van der Waals surface area contributed by atoms with E-state index < -0.39 is 33.9 Å². The molecule has 0 bridgehead atoms. The minimum Gasteiger partial charge on any atom is -0.497 e. The summed E-state index contributed by atoms with van der Waals surface area (Å²) in [6, 6.07) is 12.8. The zero-order chi connectivity index (χ0) is 21.9. The monoisotopic (exact) mass is 431 g/mol. The molecule has 1 fully saturated rings. The Labute approximate surface area is 176 Å². The molecule has 2 atom stereocenters. The van der Waals surface area contributed by atoms with Gasteiger partial charge in [0, 0.05) is 0 Å². The molecule has 1 heterocycles. The van der Waals surface area contributed by atoms with E-state index >= 15 is 0 Å². The van der Waals surface area contributed by atoms with Crippen LogP contribution < -0.4 is 4.74 Å². The van der Waals surface area contributed by atoms with E-state index in [1.54, 1.807) is 56.5 Å². The predicted molar refractivity (Wildman–Crippen MR) is 110 cm³/mol. The van der Waals surface area contributed by atoms with E-state index in [0.29, 0.717) is 17.7 Å². The van der Waals surface area contributed by atoms with Gasteiger partial charge >= 0.3 is 5.97 Å². The van der Waals surface area contributed by atoms with Gasteiger partial charge < -0.3 is 9.47 Å². The standard InChI is InChI=1S/C22H25NO6S/c1-4-18-19(14-29-21(24)13-16-9-11-17(28-3)12-10-16)23(22(18)25)30(26,27)20-8-6-5-7-15(20)2/h5-12,18-19H,4,13-14H2,1-3H3/t18-,19+/m0/s1. The summed E-state index contributed by atoms with van der Waals surface area (Å²) in [4.78, 5) is 24.9. The second-order valence-corrected chi connectivity index (χ2v) is 8.98. The summed E-state index contributed by atoms with van der Waals surface area (Å²) in [5.74, 6) is -0.750. The third-order valence-corrected chi connectivity index (χ3v) is 7.28. The fraction of sp³-hybridized carbons (Fsp3) is 0.364. The van der Waals surface area contributed by atoms with Gasteiger partial charge in [-0.2, -0.15) is 0 Å². The first-order valence-electron chi connectivity index (χ1n) is 9.72. The highest BCUT2D eigenvalue weighted by Crippen LogP contribution is 2.36. The fourth-order valence-corrected chi connectivity index (χ4v) is 5.47. The van der Waals surface area contributed by atoms with Gasteiger partial charge in [0.05, 0.1) is 30.4 Å². The van der Waals surface area contributed by atoms with E-state index in [4.69, 9.17) is 9.47 Å². The van der Waals surface area contributed by atoms with Crippen molar-refractivity contribution >= 4 is 21.9 Å². The molecule has 0 spiro atoms. The number of hydrogen-bond acceptors (Lipinski definition) is 6. The number of aryl methyl sites for hydroxylation is 1. The number of carbonyl (C=O) groups excluding carboxylic acids is 2. The zero-order valence-corrected chi connectivity index (χ0v) is 18.0. The molecule has 0 N–H and O–H groups in total. The largest absolute Gasteiger partial charge is 0.497 e. The molecule has 0 aliphatic carbocycles. The molecule has 1 amide bonds. The molecule has 1 aliphatic rings. The molecule has 30 heavy (non-hydrogen) atoms. The lowest BCUT2D eigenvalue weighted by Gasteiger charge is -2.45. The third-order valence-electron chi connectivity index (χ3n) is 5.29. The number of amides is 1. The molecule has 1 saturated heterocycles. The van der Waals surface area contributed by atoms with Crippen molar-refractivity contribution in [1.29, 1.82) is 0 Å². The Morgan fingerprint density at radius 1 is 1.10 bits per heavy atom. The van der Waals surface area contributed by atoms with Gasteiger partial charge in [-0.25, -0.2) is 12.7 Å². The van der Waals surface area contributed by atoms with Crippen molar-refractivity contribution < 1.29 is 27.5 Å². The number of nitrogens with zero attached hydrogens (tertiary/aromatic N) is 1. The summed E-state index contributed by atoms with van der Waals surface area (Å²) >= 11 is 0. The van der Waals surface area contributed by atoms with Crippen molar-refractivity contribution in [3.8, 4) is 5.75 Å². The molecule has 2 aromatic carbocycles.